The van der Waals surface area contributed by atoms with Crippen molar-refractivity contribution in [3.63, 3.8) is 0 Å². The summed E-state index contributed by atoms with van der Waals surface area (Å²) in [5.74, 6) is -0.228. The highest BCUT2D eigenvalue weighted by Gasteiger charge is 2.06. The van der Waals surface area contributed by atoms with Crippen LogP contribution in [-0.2, 0) is 21.4 Å². The van der Waals surface area contributed by atoms with Crippen LogP contribution >= 0.6 is 0 Å². The molecule has 18 heavy (non-hydrogen) atoms. The van der Waals surface area contributed by atoms with Gasteiger partial charge < -0.3 is 11.1 Å². The Bertz CT molecular complexity index is 509. The summed E-state index contributed by atoms with van der Waals surface area (Å²) in [6.07, 6.45) is 1.09. The van der Waals surface area contributed by atoms with Crippen molar-refractivity contribution in [1.82, 2.24) is 5.32 Å². The van der Waals surface area contributed by atoms with Gasteiger partial charge in [-0.25, -0.2) is 8.42 Å². The Morgan fingerprint density at radius 3 is 2.33 bits per heavy atom. The third kappa shape index (κ3) is 5.15. The molecule has 0 unspecified atom stereocenters. The summed E-state index contributed by atoms with van der Waals surface area (Å²) < 4.78 is 24.3. The van der Waals surface area contributed by atoms with Gasteiger partial charge in [-0.05, 0) is 24.6 Å². The first-order chi connectivity index (χ1) is 8.28. The molecule has 0 bridgehead atoms. The van der Waals surface area contributed by atoms with E-state index in [1.807, 2.05) is 0 Å². The van der Waals surface area contributed by atoms with Gasteiger partial charge in [-0.3, -0.25) is 9.52 Å². The molecule has 0 fully saturated rings. The van der Waals surface area contributed by atoms with Gasteiger partial charge in [0.05, 0.1) is 12.3 Å². The van der Waals surface area contributed by atoms with Crippen molar-refractivity contribution < 1.29 is 13.2 Å². The zero-order valence-corrected chi connectivity index (χ0v) is 11.1. The quantitative estimate of drug-likeness (QED) is 0.702. The highest BCUT2D eigenvalue weighted by atomic mass is 32.2. The minimum Gasteiger partial charge on any atom is -0.351 e. The summed E-state index contributed by atoms with van der Waals surface area (Å²) in [4.78, 5) is 11.2. The van der Waals surface area contributed by atoms with Crippen molar-refractivity contribution in [2.45, 2.75) is 19.5 Å². The molecule has 1 atom stereocenters. The van der Waals surface area contributed by atoms with Crippen molar-refractivity contribution in [2.24, 2.45) is 5.73 Å². The monoisotopic (exact) mass is 271 g/mol. The molecule has 1 rings (SSSR count). The first-order valence-corrected chi connectivity index (χ1v) is 7.27. The van der Waals surface area contributed by atoms with Gasteiger partial charge in [0.25, 0.3) is 0 Å². The molecule has 1 amide bonds. The number of rotatable bonds is 5. The highest BCUT2D eigenvalue weighted by molar-refractivity contribution is 7.92. The molecule has 0 heterocycles. The molecular weight excluding hydrogens is 254 g/mol. The number of sulfonamides is 1. The molecular formula is C11H17N3O3S. The summed E-state index contributed by atoms with van der Waals surface area (Å²) in [7, 11) is -3.26. The Morgan fingerprint density at radius 2 is 1.89 bits per heavy atom. The van der Waals surface area contributed by atoms with Crippen LogP contribution in [0.1, 0.15) is 12.5 Å². The lowest BCUT2D eigenvalue weighted by molar-refractivity contribution is -0.122. The molecule has 0 spiro atoms. The molecule has 0 saturated carbocycles. The molecule has 0 aromatic heterocycles. The summed E-state index contributed by atoms with van der Waals surface area (Å²) in [5.41, 5.74) is 6.75. The largest absolute Gasteiger partial charge is 0.351 e. The van der Waals surface area contributed by atoms with Crippen LogP contribution in [0.4, 0.5) is 5.69 Å². The number of nitrogens with one attached hydrogen (secondary N) is 2. The van der Waals surface area contributed by atoms with Crippen LogP contribution in [-0.4, -0.2) is 26.6 Å². The van der Waals surface area contributed by atoms with Crippen molar-refractivity contribution in [3.05, 3.63) is 29.8 Å². The molecule has 0 radical (unpaired) electrons. The summed E-state index contributed by atoms with van der Waals surface area (Å²) >= 11 is 0. The molecule has 0 aliphatic carbocycles. The van der Waals surface area contributed by atoms with Crippen molar-refractivity contribution in [3.8, 4) is 0 Å². The zero-order valence-electron chi connectivity index (χ0n) is 10.3. The number of hydrogen-bond acceptors (Lipinski definition) is 4. The Kier molecular flexibility index (Phi) is 4.69. The van der Waals surface area contributed by atoms with E-state index in [1.165, 1.54) is 0 Å². The fourth-order valence-electron chi connectivity index (χ4n) is 1.25. The maximum absolute atomic E-state index is 11.2. The number of nitrogens with two attached hydrogens (primary N) is 1. The van der Waals surface area contributed by atoms with Gasteiger partial charge in [0, 0.05) is 12.2 Å². The van der Waals surface area contributed by atoms with E-state index in [0.717, 1.165) is 11.8 Å². The van der Waals surface area contributed by atoms with Crippen molar-refractivity contribution >= 4 is 21.6 Å². The molecule has 1 aromatic rings. The smallest absolute Gasteiger partial charge is 0.236 e. The Hall–Kier alpha value is -1.60. The Balaban J connectivity index is 2.58. The predicted octanol–water partition coefficient (Wildman–Crippen LogP) is 0.0215. The lowest BCUT2D eigenvalue weighted by Gasteiger charge is -2.08. The number of hydrogen-bond donors (Lipinski definition) is 3. The minimum absolute atomic E-state index is 0.228. The third-order valence-corrected chi connectivity index (χ3v) is 2.74. The molecule has 0 aliphatic heterocycles. The second kappa shape index (κ2) is 5.83. The fourth-order valence-corrected chi connectivity index (χ4v) is 1.82. The number of carbonyl (C=O) groups excluding carboxylic acids is 1. The van der Waals surface area contributed by atoms with E-state index in [4.69, 9.17) is 5.73 Å². The van der Waals surface area contributed by atoms with Gasteiger partial charge in [-0.1, -0.05) is 12.1 Å². The van der Waals surface area contributed by atoms with E-state index in [2.05, 4.69) is 10.0 Å². The van der Waals surface area contributed by atoms with Gasteiger partial charge >= 0.3 is 0 Å². The average Bonchev–Trinajstić information content (AvgIpc) is 2.25. The molecule has 1 aromatic carbocycles. The zero-order chi connectivity index (χ0) is 13.8. The number of amides is 1. The minimum atomic E-state index is -3.26. The second-order valence-corrected chi connectivity index (χ2v) is 5.83. The topological polar surface area (TPSA) is 101 Å². The summed E-state index contributed by atoms with van der Waals surface area (Å²) in [5, 5.41) is 2.66. The first kappa shape index (κ1) is 14.5. The number of carbonyl (C=O) groups is 1. The van der Waals surface area contributed by atoms with Crippen molar-refractivity contribution in [2.75, 3.05) is 11.0 Å². The predicted molar refractivity (Wildman–Crippen MR) is 70.4 cm³/mol. The van der Waals surface area contributed by atoms with Gasteiger partial charge in [0.1, 0.15) is 0 Å². The molecule has 0 saturated heterocycles. The third-order valence-electron chi connectivity index (χ3n) is 2.14. The van der Waals surface area contributed by atoms with Crippen LogP contribution in [0.5, 0.6) is 0 Å². The number of anilines is 1. The van der Waals surface area contributed by atoms with Crippen LogP contribution in [0.3, 0.4) is 0 Å². The lowest BCUT2D eigenvalue weighted by atomic mass is 10.2. The Labute approximate surface area is 107 Å². The SMILES string of the molecule is C[C@@H](N)C(=O)NCc1ccc(NS(C)(=O)=O)cc1. The van der Waals surface area contributed by atoms with Crippen LogP contribution in [0, 0.1) is 0 Å². The number of benzene rings is 1. The van der Waals surface area contributed by atoms with Gasteiger partial charge in [0.2, 0.25) is 15.9 Å². The van der Waals surface area contributed by atoms with E-state index in [0.29, 0.717) is 12.2 Å². The fraction of sp³-hybridized carbons (Fsp3) is 0.364. The van der Waals surface area contributed by atoms with Crippen LogP contribution in [0.2, 0.25) is 0 Å². The second-order valence-electron chi connectivity index (χ2n) is 4.08. The normalized spacial score (nSPS) is 12.8. The molecule has 0 aliphatic rings. The lowest BCUT2D eigenvalue weighted by Crippen LogP contribution is -2.37. The maximum Gasteiger partial charge on any atom is 0.236 e. The molecule has 100 valence electrons. The van der Waals surface area contributed by atoms with E-state index in [-0.39, 0.29) is 5.91 Å². The van der Waals surface area contributed by atoms with E-state index in [9.17, 15) is 13.2 Å². The summed E-state index contributed by atoms with van der Waals surface area (Å²) in [6.45, 7) is 1.97. The van der Waals surface area contributed by atoms with Gasteiger partial charge in [-0.2, -0.15) is 0 Å². The van der Waals surface area contributed by atoms with Crippen LogP contribution < -0.4 is 15.8 Å². The molecule has 7 heteroatoms. The molecule has 6 nitrogen and oxygen atoms in total. The standard InChI is InChI=1S/C11H17N3O3S/c1-8(12)11(15)13-7-9-3-5-10(6-4-9)14-18(2,16)17/h3-6,8,14H,7,12H2,1-2H3,(H,13,15)/t8-/m1/s1. The van der Waals surface area contributed by atoms with Crippen LogP contribution in [0.15, 0.2) is 24.3 Å². The average molecular weight is 271 g/mol. The molecule has 4 N–H and O–H groups in total. The van der Waals surface area contributed by atoms with Crippen molar-refractivity contribution in [1.29, 1.82) is 0 Å². The first-order valence-electron chi connectivity index (χ1n) is 5.38. The van der Waals surface area contributed by atoms with E-state index < -0.39 is 16.1 Å². The van der Waals surface area contributed by atoms with E-state index >= 15 is 0 Å². The van der Waals surface area contributed by atoms with Gasteiger partial charge in [0.15, 0.2) is 0 Å². The van der Waals surface area contributed by atoms with E-state index in [1.54, 1.807) is 31.2 Å². The van der Waals surface area contributed by atoms with Crippen LogP contribution in [0.25, 0.3) is 0 Å². The summed E-state index contributed by atoms with van der Waals surface area (Å²) in [6, 6.07) is 6.18. The maximum atomic E-state index is 11.2. The Morgan fingerprint density at radius 1 is 1.33 bits per heavy atom. The van der Waals surface area contributed by atoms with Gasteiger partial charge in [-0.15, -0.1) is 0 Å². The highest BCUT2D eigenvalue weighted by Crippen LogP contribution is 2.10.